The van der Waals surface area contributed by atoms with E-state index in [2.05, 4.69) is 10.6 Å². The summed E-state index contributed by atoms with van der Waals surface area (Å²) in [6.07, 6.45) is 0. The molecule has 0 aromatic heterocycles. The van der Waals surface area contributed by atoms with E-state index in [1.165, 1.54) is 0 Å². The number of carbonyl (C=O) groups is 2. The van der Waals surface area contributed by atoms with Crippen molar-refractivity contribution in [3.8, 4) is 5.75 Å². The maximum atomic E-state index is 12.1. The molecule has 0 bridgehead atoms. The van der Waals surface area contributed by atoms with Crippen LogP contribution in [0.3, 0.4) is 0 Å². The normalized spacial score (nSPS) is 10.7. The van der Waals surface area contributed by atoms with E-state index in [-0.39, 0.29) is 24.9 Å². The molecule has 0 fully saturated rings. The number of carbonyl (C=O) groups excluding carboxylic acids is 2. The number of amides is 2. The van der Waals surface area contributed by atoms with Crippen LogP contribution in [0.15, 0.2) is 24.3 Å². The first kappa shape index (κ1) is 19.0. The summed E-state index contributed by atoms with van der Waals surface area (Å²) in [6, 6.07) is 7.13. The Balaban J connectivity index is 2.44. The Morgan fingerprint density at radius 3 is 2.26 bits per heavy atom. The van der Waals surface area contributed by atoms with Crippen LogP contribution < -0.4 is 15.4 Å². The molecular formula is C17H27N3O3. The van der Waals surface area contributed by atoms with Crippen LogP contribution in [0.5, 0.6) is 5.75 Å². The van der Waals surface area contributed by atoms with Crippen molar-refractivity contribution in [2.75, 3.05) is 38.6 Å². The molecule has 6 nitrogen and oxygen atoms in total. The van der Waals surface area contributed by atoms with E-state index >= 15 is 0 Å². The summed E-state index contributed by atoms with van der Waals surface area (Å²) in [6.45, 7) is 7.69. The largest absolute Gasteiger partial charge is 0.497 e. The summed E-state index contributed by atoms with van der Waals surface area (Å²) in [5, 5.41) is 5.67. The highest BCUT2D eigenvalue weighted by Gasteiger charge is 2.13. The summed E-state index contributed by atoms with van der Waals surface area (Å²) in [4.78, 5) is 25.7. The van der Waals surface area contributed by atoms with Gasteiger partial charge in [0.05, 0.1) is 20.2 Å². The minimum Gasteiger partial charge on any atom is -0.497 e. The fourth-order valence-electron chi connectivity index (χ4n) is 1.93. The zero-order chi connectivity index (χ0) is 17.2. The number of likely N-dealkylation sites (N-methyl/N-ethyl adjacent to an activating group) is 1. The fraction of sp³-hybridized carbons (Fsp3) is 0.529. The zero-order valence-corrected chi connectivity index (χ0v) is 14.4. The van der Waals surface area contributed by atoms with Crippen molar-refractivity contribution in [1.82, 2.24) is 10.2 Å². The average molecular weight is 321 g/mol. The second kappa shape index (κ2) is 9.84. The van der Waals surface area contributed by atoms with Gasteiger partial charge < -0.3 is 15.4 Å². The Kier molecular flexibility index (Phi) is 8.11. The molecule has 2 N–H and O–H groups in total. The van der Waals surface area contributed by atoms with Crippen LogP contribution in [0.2, 0.25) is 0 Å². The molecule has 0 aliphatic rings. The van der Waals surface area contributed by atoms with E-state index in [9.17, 15) is 9.59 Å². The Labute approximate surface area is 138 Å². The first-order valence-electron chi connectivity index (χ1n) is 7.87. The van der Waals surface area contributed by atoms with Crippen LogP contribution in [0.1, 0.15) is 20.8 Å². The first-order valence-corrected chi connectivity index (χ1v) is 7.87. The van der Waals surface area contributed by atoms with Gasteiger partial charge in [0, 0.05) is 12.2 Å². The minimum atomic E-state index is -0.145. The second-order valence-corrected chi connectivity index (χ2v) is 5.78. The highest BCUT2D eigenvalue weighted by atomic mass is 16.5. The number of nitrogens with zero attached hydrogens (tertiary/aromatic N) is 1. The third kappa shape index (κ3) is 7.65. The molecule has 0 unspecified atom stereocenters. The Bertz CT molecular complexity index is 500. The molecule has 128 valence electrons. The molecule has 1 rings (SSSR count). The van der Waals surface area contributed by atoms with Gasteiger partial charge in [-0.1, -0.05) is 20.8 Å². The standard InChI is InChI=1S/C17H27N3O3/c1-5-20(11-16(21)18-10-13(2)3)12-17(22)19-14-6-8-15(23-4)9-7-14/h6-9,13H,5,10-12H2,1-4H3,(H,18,21)(H,19,22). The summed E-state index contributed by atoms with van der Waals surface area (Å²) in [5.74, 6) is 0.943. The molecule has 0 aliphatic heterocycles. The van der Waals surface area contributed by atoms with Crippen molar-refractivity contribution in [3.05, 3.63) is 24.3 Å². The van der Waals surface area contributed by atoms with Crippen LogP contribution in [-0.4, -0.2) is 50.0 Å². The number of hydrogen-bond donors (Lipinski definition) is 2. The number of benzene rings is 1. The van der Waals surface area contributed by atoms with E-state index in [0.717, 1.165) is 5.75 Å². The number of rotatable bonds is 9. The van der Waals surface area contributed by atoms with E-state index in [1.54, 1.807) is 36.3 Å². The van der Waals surface area contributed by atoms with Crippen molar-refractivity contribution < 1.29 is 14.3 Å². The SMILES string of the molecule is CCN(CC(=O)NCC(C)C)CC(=O)Nc1ccc(OC)cc1. The third-order valence-electron chi connectivity index (χ3n) is 3.26. The molecule has 1 aromatic rings. The molecule has 0 radical (unpaired) electrons. The molecular weight excluding hydrogens is 294 g/mol. The monoisotopic (exact) mass is 321 g/mol. The number of anilines is 1. The molecule has 0 atom stereocenters. The van der Waals surface area contributed by atoms with Crippen LogP contribution in [-0.2, 0) is 9.59 Å². The number of ether oxygens (including phenoxy) is 1. The molecule has 0 saturated heterocycles. The predicted molar refractivity (Wildman–Crippen MR) is 91.6 cm³/mol. The lowest BCUT2D eigenvalue weighted by Crippen LogP contribution is -2.41. The average Bonchev–Trinajstić information content (AvgIpc) is 2.53. The van der Waals surface area contributed by atoms with Crippen LogP contribution in [0, 0.1) is 5.92 Å². The van der Waals surface area contributed by atoms with Crippen LogP contribution >= 0.6 is 0 Å². The molecule has 0 spiro atoms. The van der Waals surface area contributed by atoms with Gasteiger partial charge >= 0.3 is 0 Å². The number of nitrogens with one attached hydrogen (secondary N) is 2. The topological polar surface area (TPSA) is 70.7 Å². The highest BCUT2D eigenvalue weighted by Crippen LogP contribution is 2.14. The second-order valence-electron chi connectivity index (χ2n) is 5.78. The fourth-order valence-corrected chi connectivity index (χ4v) is 1.93. The van der Waals surface area contributed by atoms with Gasteiger partial charge in [0.15, 0.2) is 0 Å². The lowest BCUT2D eigenvalue weighted by Gasteiger charge is -2.19. The van der Waals surface area contributed by atoms with Crippen LogP contribution in [0.4, 0.5) is 5.69 Å². The Hall–Kier alpha value is -2.08. The molecule has 0 aliphatic carbocycles. The van der Waals surface area contributed by atoms with Gasteiger partial charge in [0.25, 0.3) is 0 Å². The molecule has 0 saturated carbocycles. The number of hydrogen-bond acceptors (Lipinski definition) is 4. The van der Waals surface area contributed by atoms with E-state index in [0.29, 0.717) is 24.7 Å². The van der Waals surface area contributed by atoms with Gasteiger partial charge in [-0.3, -0.25) is 14.5 Å². The van der Waals surface area contributed by atoms with Gasteiger partial charge in [-0.15, -0.1) is 0 Å². The van der Waals surface area contributed by atoms with Crippen molar-refractivity contribution in [1.29, 1.82) is 0 Å². The predicted octanol–water partition coefficient (Wildman–Crippen LogP) is 1.73. The van der Waals surface area contributed by atoms with Crippen molar-refractivity contribution in [3.63, 3.8) is 0 Å². The lowest BCUT2D eigenvalue weighted by molar-refractivity contribution is -0.123. The maximum absolute atomic E-state index is 12.1. The van der Waals surface area contributed by atoms with E-state index in [1.807, 2.05) is 20.8 Å². The highest BCUT2D eigenvalue weighted by molar-refractivity contribution is 5.92. The summed E-state index contributed by atoms with van der Waals surface area (Å²) >= 11 is 0. The molecule has 1 aromatic carbocycles. The van der Waals surface area contributed by atoms with E-state index < -0.39 is 0 Å². The molecule has 6 heteroatoms. The summed E-state index contributed by atoms with van der Waals surface area (Å²) < 4.78 is 5.07. The van der Waals surface area contributed by atoms with Crippen LogP contribution in [0.25, 0.3) is 0 Å². The molecule has 23 heavy (non-hydrogen) atoms. The van der Waals surface area contributed by atoms with Gasteiger partial charge in [-0.2, -0.15) is 0 Å². The van der Waals surface area contributed by atoms with Crippen molar-refractivity contribution >= 4 is 17.5 Å². The molecule has 2 amide bonds. The van der Waals surface area contributed by atoms with Crippen molar-refractivity contribution in [2.24, 2.45) is 5.92 Å². The zero-order valence-electron chi connectivity index (χ0n) is 14.4. The van der Waals surface area contributed by atoms with Crippen molar-refractivity contribution in [2.45, 2.75) is 20.8 Å². The van der Waals surface area contributed by atoms with Gasteiger partial charge in [0.1, 0.15) is 5.75 Å². The maximum Gasteiger partial charge on any atom is 0.238 e. The quantitative estimate of drug-likeness (QED) is 0.727. The third-order valence-corrected chi connectivity index (χ3v) is 3.26. The molecule has 0 heterocycles. The number of methoxy groups -OCH3 is 1. The van der Waals surface area contributed by atoms with Gasteiger partial charge in [-0.05, 0) is 36.7 Å². The summed E-state index contributed by atoms with van der Waals surface area (Å²) in [7, 11) is 1.59. The Morgan fingerprint density at radius 1 is 1.13 bits per heavy atom. The Morgan fingerprint density at radius 2 is 1.74 bits per heavy atom. The lowest BCUT2D eigenvalue weighted by atomic mass is 10.2. The first-order chi connectivity index (χ1) is 10.9. The van der Waals surface area contributed by atoms with E-state index in [4.69, 9.17) is 4.74 Å². The summed E-state index contributed by atoms with van der Waals surface area (Å²) in [5.41, 5.74) is 0.705. The smallest absolute Gasteiger partial charge is 0.238 e. The minimum absolute atomic E-state index is 0.0576. The van der Waals surface area contributed by atoms with Gasteiger partial charge in [0.2, 0.25) is 11.8 Å². The van der Waals surface area contributed by atoms with Gasteiger partial charge in [-0.25, -0.2) is 0 Å².